The molecular weight excluding hydrogens is 517 g/mol. The predicted octanol–water partition coefficient (Wildman–Crippen LogP) is 4.81. The number of rotatable bonds is 10. The Labute approximate surface area is 229 Å². The van der Waals surface area contributed by atoms with E-state index in [1.54, 1.807) is 31.2 Å². The van der Waals surface area contributed by atoms with Crippen LogP contribution in [0.25, 0.3) is 0 Å². The molecule has 7 nitrogen and oxygen atoms in total. The number of anilines is 1. The molecule has 0 heterocycles. The second kappa shape index (κ2) is 12.4. The lowest BCUT2D eigenvalue weighted by Gasteiger charge is -2.32. The Kier molecular flexibility index (Phi) is 9.01. The number of nitrogens with one attached hydrogen (secondary N) is 1. The van der Waals surface area contributed by atoms with Crippen molar-refractivity contribution >= 4 is 27.5 Å². The van der Waals surface area contributed by atoms with Crippen molar-refractivity contribution in [3.8, 4) is 0 Å². The average Bonchev–Trinajstić information content (AvgIpc) is 3.44. The molecule has 0 unspecified atom stereocenters. The fourth-order valence-corrected chi connectivity index (χ4v) is 6.14. The van der Waals surface area contributed by atoms with Gasteiger partial charge in [-0.1, -0.05) is 60.9 Å². The first-order chi connectivity index (χ1) is 18.6. The summed E-state index contributed by atoms with van der Waals surface area (Å²) in [6.45, 7) is 3.14. The van der Waals surface area contributed by atoms with Gasteiger partial charge in [-0.3, -0.25) is 13.9 Å². The number of amides is 2. The highest BCUT2D eigenvalue weighted by Crippen LogP contribution is 2.25. The Morgan fingerprint density at radius 3 is 2.18 bits per heavy atom. The van der Waals surface area contributed by atoms with Crippen molar-refractivity contribution in [2.45, 2.75) is 63.1 Å². The molecule has 0 radical (unpaired) electrons. The zero-order valence-corrected chi connectivity index (χ0v) is 23.0. The molecule has 1 N–H and O–H groups in total. The standard InChI is InChI=1S/C30H34FN3O4S/c1-22-12-16-27(17-13-22)34(39(37,38)28-18-14-25(31)15-19-28)21-29(35)33(20-24-8-4-3-5-9-24)23(2)30(36)32-26-10-6-7-11-26/h3-5,8-9,12-19,23,26H,6-7,10-11,20-21H2,1-2H3,(H,32,36)/t23-/m0/s1. The van der Waals surface area contributed by atoms with Gasteiger partial charge in [0, 0.05) is 12.6 Å². The van der Waals surface area contributed by atoms with E-state index in [0.717, 1.165) is 53.2 Å². The number of halogens is 1. The van der Waals surface area contributed by atoms with Gasteiger partial charge in [-0.25, -0.2) is 12.8 Å². The van der Waals surface area contributed by atoms with Crippen molar-refractivity contribution in [3.63, 3.8) is 0 Å². The van der Waals surface area contributed by atoms with Crippen LogP contribution in [0.1, 0.15) is 43.7 Å². The van der Waals surface area contributed by atoms with Gasteiger partial charge in [-0.05, 0) is 68.7 Å². The van der Waals surface area contributed by atoms with E-state index in [4.69, 9.17) is 0 Å². The summed E-state index contributed by atoms with van der Waals surface area (Å²) in [4.78, 5) is 28.4. The quantitative estimate of drug-likeness (QED) is 0.392. The Bertz CT molecular complexity index is 1370. The van der Waals surface area contributed by atoms with Crippen molar-refractivity contribution in [2.24, 2.45) is 0 Å². The largest absolute Gasteiger partial charge is 0.352 e. The van der Waals surface area contributed by atoms with Crippen molar-refractivity contribution in [1.82, 2.24) is 10.2 Å². The minimum absolute atomic E-state index is 0.0801. The van der Waals surface area contributed by atoms with E-state index in [1.807, 2.05) is 37.3 Å². The molecule has 4 rings (SSSR count). The van der Waals surface area contributed by atoms with Crippen LogP contribution in [0.5, 0.6) is 0 Å². The van der Waals surface area contributed by atoms with Crippen molar-refractivity contribution in [3.05, 3.63) is 95.8 Å². The number of hydrogen-bond acceptors (Lipinski definition) is 4. The zero-order chi connectivity index (χ0) is 28.0. The van der Waals surface area contributed by atoms with Crippen molar-refractivity contribution in [1.29, 1.82) is 0 Å². The lowest BCUT2D eigenvalue weighted by atomic mass is 10.1. The third-order valence-electron chi connectivity index (χ3n) is 7.07. The summed E-state index contributed by atoms with van der Waals surface area (Å²) >= 11 is 0. The van der Waals surface area contributed by atoms with E-state index < -0.39 is 34.3 Å². The number of carbonyl (C=O) groups excluding carboxylic acids is 2. The van der Waals surface area contributed by atoms with E-state index in [9.17, 15) is 22.4 Å². The van der Waals surface area contributed by atoms with Crippen molar-refractivity contribution in [2.75, 3.05) is 10.8 Å². The van der Waals surface area contributed by atoms with Crippen LogP contribution < -0.4 is 9.62 Å². The minimum atomic E-state index is -4.23. The number of aryl methyl sites for hydroxylation is 1. The Morgan fingerprint density at radius 1 is 0.949 bits per heavy atom. The lowest BCUT2D eigenvalue weighted by Crippen LogP contribution is -2.52. The van der Waals surface area contributed by atoms with Gasteiger partial charge in [0.25, 0.3) is 10.0 Å². The molecule has 1 fully saturated rings. The molecule has 39 heavy (non-hydrogen) atoms. The third kappa shape index (κ3) is 7.03. The molecule has 0 saturated heterocycles. The predicted molar refractivity (Wildman–Crippen MR) is 149 cm³/mol. The summed E-state index contributed by atoms with van der Waals surface area (Å²) in [5.74, 6) is -1.36. The molecule has 1 aliphatic carbocycles. The second-order valence-corrected chi connectivity index (χ2v) is 11.8. The highest BCUT2D eigenvalue weighted by molar-refractivity contribution is 7.92. The van der Waals surface area contributed by atoms with Crippen LogP contribution in [0.3, 0.4) is 0 Å². The fourth-order valence-electron chi connectivity index (χ4n) is 4.73. The molecule has 1 saturated carbocycles. The highest BCUT2D eigenvalue weighted by atomic mass is 32.2. The zero-order valence-electron chi connectivity index (χ0n) is 22.2. The molecule has 0 aromatic heterocycles. The number of sulfonamides is 1. The van der Waals surface area contributed by atoms with Gasteiger partial charge >= 0.3 is 0 Å². The maximum absolute atomic E-state index is 13.9. The molecule has 2 amide bonds. The fraction of sp³-hybridized carbons (Fsp3) is 0.333. The average molecular weight is 552 g/mol. The lowest BCUT2D eigenvalue weighted by molar-refractivity contribution is -0.139. The Balaban J connectivity index is 1.66. The molecule has 0 bridgehead atoms. The van der Waals surface area contributed by atoms with E-state index in [2.05, 4.69) is 5.32 Å². The summed E-state index contributed by atoms with van der Waals surface area (Å²) in [5.41, 5.74) is 2.03. The van der Waals surface area contributed by atoms with Gasteiger partial charge in [0.05, 0.1) is 10.6 Å². The van der Waals surface area contributed by atoms with E-state index in [0.29, 0.717) is 5.69 Å². The van der Waals surface area contributed by atoms with Crippen molar-refractivity contribution < 1.29 is 22.4 Å². The van der Waals surface area contributed by atoms with Crippen LogP contribution in [0, 0.1) is 12.7 Å². The van der Waals surface area contributed by atoms with Crippen LogP contribution in [0.4, 0.5) is 10.1 Å². The molecule has 9 heteroatoms. The third-order valence-corrected chi connectivity index (χ3v) is 8.86. The summed E-state index contributed by atoms with van der Waals surface area (Å²) in [6.07, 6.45) is 3.92. The maximum atomic E-state index is 13.9. The minimum Gasteiger partial charge on any atom is -0.352 e. The molecule has 0 aliphatic heterocycles. The summed E-state index contributed by atoms with van der Waals surface area (Å²) in [5, 5.41) is 3.05. The van der Waals surface area contributed by atoms with Gasteiger partial charge in [-0.2, -0.15) is 0 Å². The molecule has 206 valence electrons. The summed E-state index contributed by atoms with van der Waals surface area (Å²) in [7, 11) is -4.23. The molecule has 3 aromatic carbocycles. The summed E-state index contributed by atoms with van der Waals surface area (Å²) < 4.78 is 42.1. The number of nitrogens with zero attached hydrogens (tertiary/aromatic N) is 2. The first-order valence-corrected chi connectivity index (χ1v) is 14.6. The molecular formula is C30H34FN3O4S. The maximum Gasteiger partial charge on any atom is 0.264 e. The number of carbonyl (C=O) groups is 2. The highest BCUT2D eigenvalue weighted by Gasteiger charge is 2.33. The van der Waals surface area contributed by atoms with Gasteiger partial charge < -0.3 is 10.2 Å². The molecule has 3 aromatic rings. The first-order valence-electron chi connectivity index (χ1n) is 13.1. The van der Waals surface area contributed by atoms with Gasteiger partial charge in [0.1, 0.15) is 18.4 Å². The Morgan fingerprint density at radius 2 is 1.56 bits per heavy atom. The Hall–Kier alpha value is -3.72. The molecule has 1 atom stereocenters. The number of benzene rings is 3. The topological polar surface area (TPSA) is 86.8 Å². The van der Waals surface area contributed by atoms with Gasteiger partial charge in [-0.15, -0.1) is 0 Å². The first kappa shape index (κ1) is 28.3. The van der Waals surface area contributed by atoms with Crippen LogP contribution in [0.15, 0.2) is 83.8 Å². The van der Waals surface area contributed by atoms with Crippen LogP contribution >= 0.6 is 0 Å². The van der Waals surface area contributed by atoms with Gasteiger partial charge in [0.15, 0.2) is 0 Å². The number of hydrogen-bond donors (Lipinski definition) is 1. The van der Waals surface area contributed by atoms with Crippen LogP contribution in [-0.4, -0.2) is 43.8 Å². The van der Waals surface area contributed by atoms with E-state index in [1.165, 1.54) is 17.0 Å². The molecule has 0 spiro atoms. The monoisotopic (exact) mass is 551 g/mol. The van der Waals surface area contributed by atoms with Crippen LogP contribution in [0.2, 0.25) is 0 Å². The second-order valence-electron chi connectivity index (χ2n) is 9.97. The van der Waals surface area contributed by atoms with Gasteiger partial charge in [0.2, 0.25) is 11.8 Å². The summed E-state index contributed by atoms with van der Waals surface area (Å²) in [6, 6.07) is 19.8. The smallest absolute Gasteiger partial charge is 0.264 e. The van der Waals surface area contributed by atoms with E-state index >= 15 is 0 Å². The SMILES string of the molecule is Cc1ccc(N(CC(=O)N(Cc2ccccc2)[C@@H](C)C(=O)NC2CCCC2)S(=O)(=O)c2ccc(F)cc2)cc1. The van der Waals surface area contributed by atoms with E-state index in [-0.39, 0.29) is 23.4 Å². The van der Waals surface area contributed by atoms with Crippen LogP contribution in [-0.2, 0) is 26.2 Å². The normalized spacial score (nSPS) is 14.5. The molecule has 1 aliphatic rings.